The molecule has 0 bridgehead atoms. The highest BCUT2D eigenvalue weighted by Gasteiger charge is 2.28. The third-order valence-electron chi connectivity index (χ3n) is 4.50. The molecule has 0 saturated carbocycles. The lowest BCUT2D eigenvalue weighted by atomic mass is 9.93. The Balaban J connectivity index is 1.81. The number of hydrogen-bond donors (Lipinski definition) is 1. The van der Waals surface area contributed by atoms with Crippen LogP contribution in [0.25, 0.3) is 6.08 Å². The molecule has 1 aliphatic heterocycles. The maximum absolute atomic E-state index is 12.7. The van der Waals surface area contributed by atoms with Crippen molar-refractivity contribution in [1.82, 2.24) is 4.90 Å². The van der Waals surface area contributed by atoms with Crippen molar-refractivity contribution in [3.8, 4) is 0 Å². The zero-order chi connectivity index (χ0) is 20.3. The Labute approximate surface area is 167 Å². The van der Waals surface area contributed by atoms with Crippen molar-refractivity contribution < 1.29 is 19.1 Å². The van der Waals surface area contributed by atoms with Crippen molar-refractivity contribution in [3.05, 3.63) is 70.4 Å². The van der Waals surface area contributed by atoms with E-state index in [9.17, 15) is 14.4 Å². The van der Waals surface area contributed by atoms with Crippen molar-refractivity contribution in [2.75, 3.05) is 12.4 Å². The Hall–Kier alpha value is -3.12. The third-order valence-corrected chi connectivity index (χ3v) is 4.83. The quantitative estimate of drug-likeness (QED) is 0.789. The predicted molar refractivity (Wildman–Crippen MR) is 107 cm³/mol. The molecule has 2 amide bonds. The molecule has 0 radical (unpaired) electrons. The Morgan fingerprint density at radius 2 is 1.93 bits per heavy atom. The highest BCUT2D eigenvalue weighted by atomic mass is 35.5. The Morgan fingerprint density at radius 1 is 1.18 bits per heavy atom. The zero-order valence-corrected chi connectivity index (χ0v) is 16.2. The summed E-state index contributed by atoms with van der Waals surface area (Å²) >= 11 is 6.01. The number of methoxy groups -OCH3 is 1. The molecule has 1 aliphatic rings. The first kappa shape index (κ1) is 19.6. The second-order valence-electron chi connectivity index (χ2n) is 6.33. The molecule has 1 atom stereocenters. The number of nitrogens with one attached hydrogen (secondary N) is 1. The Bertz CT molecular complexity index is 971. The van der Waals surface area contributed by atoms with E-state index < -0.39 is 12.0 Å². The number of anilines is 1. The fourth-order valence-electron chi connectivity index (χ4n) is 3.17. The fourth-order valence-corrected chi connectivity index (χ4v) is 3.36. The van der Waals surface area contributed by atoms with E-state index in [1.165, 1.54) is 26.2 Å². The Kier molecular flexibility index (Phi) is 5.80. The molecule has 1 N–H and O–H groups in total. The highest BCUT2D eigenvalue weighted by Crippen LogP contribution is 2.33. The number of hydrogen-bond acceptors (Lipinski definition) is 4. The van der Waals surface area contributed by atoms with Gasteiger partial charge in [-0.3, -0.25) is 9.59 Å². The summed E-state index contributed by atoms with van der Waals surface area (Å²) in [5.41, 5.74) is 2.46. The number of fused-ring (bicyclic) bond motifs is 1. The molecule has 1 heterocycles. The summed E-state index contributed by atoms with van der Waals surface area (Å²) in [6, 6.07) is 11.8. The van der Waals surface area contributed by atoms with Crippen LogP contribution in [0.15, 0.2) is 48.7 Å². The van der Waals surface area contributed by atoms with Gasteiger partial charge >= 0.3 is 5.97 Å². The molecule has 0 fully saturated rings. The fraction of sp³-hybridized carbons (Fsp3) is 0.190. The van der Waals surface area contributed by atoms with Gasteiger partial charge in [-0.05, 0) is 35.4 Å². The van der Waals surface area contributed by atoms with E-state index in [4.69, 9.17) is 16.3 Å². The number of ether oxygens (including phenoxy) is 1. The van der Waals surface area contributed by atoms with Gasteiger partial charge in [0, 0.05) is 18.8 Å². The molecule has 28 heavy (non-hydrogen) atoms. The number of carbonyl (C=O) groups is 3. The lowest BCUT2D eigenvalue weighted by Crippen LogP contribution is -2.33. The molecule has 6 nitrogen and oxygen atoms in total. The van der Waals surface area contributed by atoms with Gasteiger partial charge in [0.2, 0.25) is 11.8 Å². The monoisotopic (exact) mass is 398 g/mol. The highest BCUT2D eigenvalue weighted by molar-refractivity contribution is 6.33. The molecule has 2 aromatic carbocycles. The van der Waals surface area contributed by atoms with Crippen molar-refractivity contribution in [2.24, 2.45) is 0 Å². The Morgan fingerprint density at radius 3 is 2.64 bits per heavy atom. The first-order valence-electron chi connectivity index (χ1n) is 8.64. The number of halogens is 1. The SMILES string of the molecule is COC(=O)c1cc(NC(=O)C[C@H]2c3ccccc3C=CN2C(C)=O)ccc1Cl. The minimum atomic E-state index is -0.588. The van der Waals surface area contributed by atoms with Crippen molar-refractivity contribution >= 4 is 41.1 Å². The van der Waals surface area contributed by atoms with Crippen LogP contribution in [0.3, 0.4) is 0 Å². The minimum absolute atomic E-state index is 0.0666. The van der Waals surface area contributed by atoms with Gasteiger partial charge in [0.1, 0.15) is 0 Å². The topological polar surface area (TPSA) is 75.7 Å². The lowest BCUT2D eigenvalue weighted by Gasteiger charge is -2.32. The molecule has 2 aromatic rings. The maximum atomic E-state index is 12.7. The largest absolute Gasteiger partial charge is 0.465 e. The zero-order valence-electron chi connectivity index (χ0n) is 15.4. The average molecular weight is 399 g/mol. The van der Waals surface area contributed by atoms with Gasteiger partial charge in [-0.15, -0.1) is 0 Å². The second kappa shape index (κ2) is 8.27. The van der Waals surface area contributed by atoms with Crippen LogP contribution >= 0.6 is 11.6 Å². The van der Waals surface area contributed by atoms with Gasteiger partial charge in [0.15, 0.2) is 0 Å². The van der Waals surface area contributed by atoms with Gasteiger partial charge in [-0.2, -0.15) is 0 Å². The number of carbonyl (C=O) groups excluding carboxylic acids is 3. The molecule has 0 spiro atoms. The second-order valence-corrected chi connectivity index (χ2v) is 6.73. The van der Waals surface area contributed by atoms with Crippen LogP contribution in [0.2, 0.25) is 5.02 Å². The van der Waals surface area contributed by atoms with E-state index in [1.54, 1.807) is 17.2 Å². The lowest BCUT2D eigenvalue weighted by molar-refractivity contribution is -0.129. The molecule has 7 heteroatoms. The van der Waals surface area contributed by atoms with E-state index >= 15 is 0 Å². The van der Waals surface area contributed by atoms with Crippen LogP contribution in [0.1, 0.15) is 40.9 Å². The molecular weight excluding hydrogens is 380 g/mol. The minimum Gasteiger partial charge on any atom is -0.465 e. The predicted octanol–water partition coefficient (Wildman–Crippen LogP) is 4.03. The van der Waals surface area contributed by atoms with E-state index in [0.717, 1.165) is 11.1 Å². The summed E-state index contributed by atoms with van der Waals surface area (Å²) in [6.45, 7) is 1.46. The van der Waals surface area contributed by atoms with E-state index in [-0.39, 0.29) is 28.8 Å². The summed E-state index contributed by atoms with van der Waals surface area (Å²) < 4.78 is 4.69. The van der Waals surface area contributed by atoms with Crippen LogP contribution in [-0.4, -0.2) is 29.8 Å². The van der Waals surface area contributed by atoms with Gasteiger partial charge in [-0.25, -0.2) is 4.79 Å². The van der Waals surface area contributed by atoms with Crippen molar-refractivity contribution in [1.29, 1.82) is 0 Å². The molecule has 144 valence electrons. The van der Waals surface area contributed by atoms with Crippen LogP contribution in [0.5, 0.6) is 0 Å². The standard InChI is InChI=1S/C21H19ClN2O4/c1-13(25)24-10-9-14-5-3-4-6-16(14)19(24)12-20(26)23-15-7-8-18(22)17(11-15)21(27)28-2/h3-11,19H,12H2,1-2H3,(H,23,26)/t19-/m0/s1. The maximum Gasteiger partial charge on any atom is 0.339 e. The number of benzene rings is 2. The normalized spacial score (nSPS) is 15.0. The molecule has 0 unspecified atom stereocenters. The summed E-state index contributed by atoms with van der Waals surface area (Å²) in [5, 5.41) is 2.99. The summed E-state index contributed by atoms with van der Waals surface area (Å²) in [4.78, 5) is 38.0. The smallest absolute Gasteiger partial charge is 0.339 e. The number of nitrogens with zero attached hydrogens (tertiary/aromatic N) is 1. The van der Waals surface area contributed by atoms with Crippen molar-refractivity contribution in [3.63, 3.8) is 0 Å². The van der Waals surface area contributed by atoms with Crippen LogP contribution in [-0.2, 0) is 14.3 Å². The van der Waals surface area contributed by atoms with Gasteiger partial charge in [0.05, 0.1) is 30.2 Å². The van der Waals surface area contributed by atoms with Gasteiger partial charge in [-0.1, -0.05) is 35.9 Å². The van der Waals surface area contributed by atoms with E-state index in [1.807, 2.05) is 30.3 Å². The van der Waals surface area contributed by atoms with Crippen LogP contribution < -0.4 is 5.32 Å². The molecule has 3 rings (SSSR count). The van der Waals surface area contributed by atoms with Gasteiger partial charge in [0.25, 0.3) is 0 Å². The third kappa shape index (κ3) is 4.07. The van der Waals surface area contributed by atoms with Crippen LogP contribution in [0.4, 0.5) is 5.69 Å². The molecule has 0 saturated heterocycles. The average Bonchev–Trinajstić information content (AvgIpc) is 2.68. The van der Waals surface area contributed by atoms with E-state index in [2.05, 4.69) is 5.32 Å². The first-order chi connectivity index (χ1) is 13.4. The van der Waals surface area contributed by atoms with Gasteiger partial charge < -0.3 is 15.0 Å². The molecule has 0 aromatic heterocycles. The summed E-state index contributed by atoms with van der Waals surface area (Å²) in [7, 11) is 1.26. The van der Waals surface area contributed by atoms with Crippen LogP contribution in [0, 0.1) is 0 Å². The summed E-state index contributed by atoms with van der Waals surface area (Å²) in [5.74, 6) is -1.03. The number of rotatable bonds is 4. The van der Waals surface area contributed by atoms with E-state index in [0.29, 0.717) is 5.69 Å². The number of amides is 2. The molecule has 0 aliphatic carbocycles. The first-order valence-corrected chi connectivity index (χ1v) is 9.02. The molecular formula is C21H19ClN2O4. The summed E-state index contributed by atoms with van der Waals surface area (Å²) in [6.07, 6.45) is 3.62. The van der Waals surface area contributed by atoms with Crippen molar-refractivity contribution in [2.45, 2.75) is 19.4 Å². The number of esters is 1.